The summed E-state index contributed by atoms with van der Waals surface area (Å²) in [7, 11) is 0. The van der Waals surface area contributed by atoms with Gasteiger partial charge in [0.2, 0.25) is 0 Å². The lowest BCUT2D eigenvalue weighted by Crippen LogP contribution is -2.40. The second-order valence-electron chi connectivity index (χ2n) is 5.02. The lowest BCUT2D eigenvalue weighted by atomic mass is 9.96. The van der Waals surface area contributed by atoms with Gasteiger partial charge in [-0.2, -0.15) is 0 Å². The van der Waals surface area contributed by atoms with Crippen LogP contribution in [0.25, 0.3) is 0 Å². The minimum absolute atomic E-state index is 0.420. The van der Waals surface area contributed by atoms with Crippen LogP contribution in [0, 0.1) is 0 Å². The van der Waals surface area contributed by atoms with E-state index in [-0.39, 0.29) is 0 Å². The molecule has 2 nitrogen and oxygen atoms in total. The molecule has 0 bridgehead atoms. The van der Waals surface area contributed by atoms with Crippen molar-refractivity contribution in [2.24, 2.45) is 0 Å². The number of aryl methyl sites for hydroxylation is 1. The topological polar surface area (TPSA) is 32.3 Å². The van der Waals surface area contributed by atoms with Crippen molar-refractivity contribution in [3.05, 3.63) is 35.9 Å². The van der Waals surface area contributed by atoms with Crippen LogP contribution in [0.2, 0.25) is 0 Å². The Morgan fingerprint density at radius 2 is 1.88 bits per heavy atom. The van der Waals surface area contributed by atoms with Crippen molar-refractivity contribution in [2.45, 2.75) is 45.3 Å². The van der Waals surface area contributed by atoms with E-state index in [1.54, 1.807) is 0 Å². The average molecular weight is 221 g/mol. The van der Waals surface area contributed by atoms with Crippen LogP contribution in [0.3, 0.4) is 0 Å². The quantitative estimate of drug-likeness (QED) is 0.773. The molecular weight excluding hydrogens is 198 g/mol. The molecule has 0 radical (unpaired) electrons. The second-order valence-corrected chi connectivity index (χ2v) is 5.02. The van der Waals surface area contributed by atoms with Crippen molar-refractivity contribution >= 4 is 0 Å². The highest BCUT2D eigenvalue weighted by Crippen LogP contribution is 2.13. The van der Waals surface area contributed by atoms with E-state index in [9.17, 15) is 5.11 Å². The van der Waals surface area contributed by atoms with Crippen LogP contribution in [0.15, 0.2) is 30.3 Å². The van der Waals surface area contributed by atoms with E-state index < -0.39 is 5.60 Å². The van der Waals surface area contributed by atoms with Crippen LogP contribution in [0.5, 0.6) is 0 Å². The summed E-state index contributed by atoms with van der Waals surface area (Å²) in [5.74, 6) is 0. The Morgan fingerprint density at radius 1 is 1.25 bits per heavy atom. The Labute approximate surface area is 98.7 Å². The molecule has 0 heterocycles. The minimum atomic E-state index is -0.625. The number of aliphatic hydroxyl groups is 1. The van der Waals surface area contributed by atoms with Gasteiger partial charge in [-0.05, 0) is 25.3 Å². The predicted molar refractivity (Wildman–Crippen MR) is 68.5 cm³/mol. The Balaban J connectivity index is 2.36. The number of rotatable bonds is 6. The highest BCUT2D eigenvalue weighted by molar-refractivity contribution is 5.15. The molecule has 1 aromatic rings. The standard InChI is InChI=1S/C14H23NO/c1-12(2)15-11-14(3,16)10-9-13-7-5-4-6-8-13/h4-8,12,15-16H,9-11H2,1-3H3. The average Bonchev–Trinajstić information content (AvgIpc) is 2.26. The van der Waals surface area contributed by atoms with Crippen molar-refractivity contribution in [1.82, 2.24) is 5.32 Å². The van der Waals surface area contributed by atoms with E-state index in [1.165, 1.54) is 5.56 Å². The zero-order chi connectivity index (χ0) is 12.0. The Kier molecular flexibility index (Phi) is 4.97. The molecule has 0 saturated heterocycles. The molecule has 0 fully saturated rings. The summed E-state index contributed by atoms with van der Waals surface area (Å²) in [5, 5.41) is 13.4. The van der Waals surface area contributed by atoms with E-state index in [1.807, 2.05) is 25.1 Å². The van der Waals surface area contributed by atoms with Crippen molar-refractivity contribution < 1.29 is 5.11 Å². The molecule has 1 unspecified atom stereocenters. The van der Waals surface area contributed by atoms with Crippen molar-refractivity contribution in [2.75, 3.05) is 6.54 Å². The maximum absolute atomic E-state index is 10.2. The molecule has 1 rings (SSSR count). The van der Waals surface area contributed by atoms with Crippen molar-refractivity contribution in [1.29, 1.82) is 0 Å². The van der Waals surface area contributed by atoms with E-state index in [2.05, 4.69) is 31.3 Å². The van der Waals surface area contributed by atoms with Gasteiger partial charge >= 0.3 is 0 Å². The van der Waals surface area contributed by atoms with Crippen LogP contribution in [0.1, 0.15) is 32.8 Å². The Bertz CT molecular complexity index is 293. The van der Waals surface area contributed by atoms with E-state index in [0.29, 0.717) is 12.6 Å². The fourth-order valence-corrected chi connectivity index (χ4v) is 1.57. The SMILES string of the molecule is CC(C)NCC(C)(O)CCc1ccccc1. The number of nitrogens with one attached hydrogen (secondary N) is 1. The first-order chi connectivity index (χ1) is 7.49. The summed E-state index contributed by atoms with van der Waals surface area (Å²) in [5.41, 5.74) is 0.660. The summed E-state index contributed by atoms with van der Waals surface area (Å²) in [6.07, 6.45) is 1.71. The highest BCUT2D eigenvalue weighted by atomic mass is 16.3. The normalized spacial score (nSPS) is 15.1. The smallest absolute Gasteiger partial charge is 0.0746 e. The van der Waals surface area contributed by atoms with Gasteiger partial charge in [-0.3, -0.25) is 0 Å². The lowest BCUT2D eigenvalue weighted by Gasteiger charge is -2.25. The minimum Gasteiger partial charge on any atom is -0.389 e. The molecule has 2 N–H and O–H groups in total. The van der Waals surface area contributed by atoms with Gasteiger partial charge in [0.1, 0.15) is 0 Å². The molecule has 90 valence electrons. The maximum atomic E-state index is 10.2. The summed E-state index contributed by atoms with van der Waals surface area (Å²) in [4.78, 5) is 0. The van der Waals surface area contributed by atoms with Gasteiger partial charge in [0.15, 0.2) is 0 Å². The highest BCUT2D eigenvalue weighted by Gasteiger charge is 2.19. The molecule has 0 aromatic heterocycles. The Morgan fingerprint density at radius 3 is 2.44 bits per heavy atom. The summed E-state index contributed by atoms with van der Waals surface area (Å²) in [6.45, 7) is 6.73. The second kappa shape index (κ2) is 6.02. The first-order valence-electron chi connectivity index (χ1n) is 5.99. The van der Waals surface area contributed by atoms with Gasteiger partial charge in [0, 0.05) is 12.6 Å². The molecule has 1 atom stereocenters. The molecule has 0 amide bonds. The van der Waals surface area contributed by atoms with Gasteiger partial charge in [-0.25, -0.2) is 0 Å². The summed E-state index contributed by atoms with van der Waals surface area (Å²) < 4.78 is 0. The predicted octanol–water partition coefficient (Wildman–Crippen LogP) is 2.37. The van der Waals surface area contributed by atoms with Crippen LogP contribution in [-0.2, 0) is 6.42 Å². The van der Waals surface area contributed by atoms with Crippen LogP contribution < -0.4 is 5.32 Å². The first kappa shape index (κ1) is 13.2. The molecule has 0 aliphatic rings. The fourth-order valence-electron chi connectivity index (χ4n) is 1.57. The van der Waals surface area contributed by atoms with Gasteiger partial charge in [0.25, 0.3) is 0 Å². The van der Waals surface area contributed by atoms with Crippen molar-refractivity contribution in [3.63, 3.8) is 0 Å². The summed E-state index contributed by atoms with van der Waals surface area (Å²) in [6, 6.07) is 10.7. The zero-order valence-corrected chi connectivity index (χ0v) is 10.5. The third-order valence-electron chi connectivity index (χ3n) is 2.69. The molecule has 0 aliphatic heterocycles. The first-order valence-corrected chi connectivity index (χ1v) is 5.99. The number of benzene rings is 1. The molecule has 1 aromatic carbocycles. The van der Waals surface area contributed by atoms with Gasteiger partial charge < -0.3 is 10.4 Å². The molecule has 0 aliphatic carbocycles. The largest absolute Gasteiger partial charge is 0.389 e. The van der Waals surface area contributed by atoms with Crippen molar-refractivity contribution in [3.8, 4) is 0 Å². The van der Waals surface area contributed by atoms with E-state index >= 15 is 0 Å². The molecule has 0 spiro atoms. The fraction of sp³-hybridized carbons (Fsp3) is 0.571. The van der Waals surface area contributed by atoms with Gasteiger partial charge in [0.05, 0.1) is 5.60 Å². The molecule has 0 saturated carbocycles. The number of hydrogen-bond acceptors (Lipinski definition) is 2. The Hall–Kier alpha value is -0.860. The monoisotopic (exact) mass is 221 g/mol. The third kappa shape index (κ3) is 5.29. The number of hydrogen-bond donors (Lipinski definition) is 2. The van der Waals surface area contributed by atoms with Crippen LogP contribution >= 0.6 is 0 Å². The van der Waals surface area contributed by atoms with Crippen LogP contribution in [-0.4, -0.2) is 23.3 Å². The third-order valence-corrected chi connectivity index (χ3v) is 2.69. The maximum Gasteiger partial charge on any atom is 0.0746 e. The van der Waals surface area contributed by atoms with Gasteiger partial charge in [-0.15, -0.1) is 0 Å². The molecular formula is C14H23NO. The van der Waals surface area contributed by atoms with E-state index in [4.69, 9.17) is 0 Å². The van der Waals surface area contributed by atoms with Crippen LogP contribution in [0.4, 0.5) is 0 Å². The molecule has 2 heteroatoms. The van der Waals surface area contributed by atoms with E-state index in [0.717, 1.165) is 12.8 Å². The van der Waals surface area contributed by atoms with Gasteiger partial charge in [-0.1, -0.05) is 44.2 Å². The molecule has 16 heavy (non-hydrogen) atoms. The zero-order valence-electron chi connectivity index (χ0n) is 10.5. The lowest BCUT2D eigenvalue weighted by molar-refractivity contribution is 0.0492. The summed E-state index contributed by atoms with van der Waals surface area (Å²) >= 11 is 0.